The number of rotatable bonds is 2. The number of nitrogen functional groups attached to an aromatic ring is 1. The van der Waals surface area contributed by atoms with E-state index in [1.165, 1.54) is 0 Å². The van der Waals surface area contributed by atoms with E-state index in [2.05, 4.69) is 25.6 Å². The fraction of sp³-hybridized carbons (Fsp3) is 0.714. The van der Waals surface area contributed by atoms with Gasteiger partial charge in [0.2, 0.25) is 0 Å². The van der Waals surface area contributed by atoms with Gasteiger partial charge in [-0.2, -0.15) is 10.3 Å². The molecule has 0 spiro atoms. The first kappa shape index (κ1) is 8.46. The van der Waals surface area contributed by atoms with Gasteiger partial charge in [0.1, 0.15) is 5.69 Å². The predicted molar refractivity (Wildman–Crippen MR) is 48.9 cm³/mol. The van der Waals surface area contributed by atoms with Crippen LogP contribution in [0.15, 0.2) is 0 Å². The van der Waals surface area contributed by atoms with Crippen LogP contribution in [0.25, 0.3) is 0 Å². The molecule has 4 N–H and O–H groups in total. The van der Waals surface area contributed by atoms with E-state index in [1.54, 1.807) is 0 Å². The molecule has 0 amide bonds. The number of H-pyrrole nitrogens is 1. The second-order valence-corrected chi connectivity index (χ2v) is 3.18. The fourth-order valence-electron chi connectivity index (χ4n) is 1.46. The Morgan fingerprint density at radius 3 is 2.69 bits per heavy atom. The molecular formula is C7H14N6. The van der Waals surface area contributed by atoms with Gasteiger partial charge < -0.3 is 11.1 Å². The van der Waals surface area contributed by atoms with Crippen molar-refractivity contribution in [2.75, 3.05) is 31.9 Å². The van der Waals surface area contributed by atoms with E-state index in [-0.39, 0.29) is 0 Å². The Kier molecular flexibility index (Phi) is 2.42. The van der Waals surface area contributed by atoms with E-state index in [4.69, 9.17) is 5.73 Å². The molecule has 0 radical (unpaired) electrons. The van der Waals surface area contributed by atoms with Gasteiger partial charge in [-0.3, -0.25) is 4.90 Å². The Balaban J connectivity index is 1.93. The third kappa shape index (κ3) is 1.96. The molecule has 0 saturated carbocycles. The van der Waals surface area contributed by atoms with E-state index in [9.17, 15) is 0 Å². The first-order chi connectivity index (χ1) is 6.36. The van der Waals surface area contributed by atoms with Crippen molar-refractivity contribution in [2.45, 2.75) is 6.54 Å². The summed E-state index contributed by atoms with van der Waals surface area (Å²) in [6.07, 6.45) is 0. The maximum atomic E-state index is 5.61. The summed E-state index contributed by atoms with van der Waals surface area (Å²) < 4.78 is 0. The number of nitrogens with two attached hydrogens (primary N) is 1. The zero-order valence-electron chi connectivity index (χ0n) is 7.45. The molecule has 0 aromatic carbocycles. The summed E-state index contributed by atoms with van der Waals surface area (Å²) in [6.45, 7) is 4.97. The molecule has 1 saturated heterocycles. The third-order valence-corrected chi connectivity index (χ3v) is 2.23. The Labute approximate surface area is 76.5 Å². The molecule has 0 unspecified atom stereocenters. The average Bonchev–Trinajstić information content (AvgIpc) is 2.54. The number of aromatic amines is 1. The Bertz CT molecular complexity index is 264. The lowest BCUT2D eigenvalue weighted by molar-refractivity contribution is 0.231. The van der Waals surface area contributed by atoms with Gasteiger partial charge in [0.15, 0.2) is 5.82 Å². The summed E-state index contributed by atoms with van der Waals surface area (Å²) in [7, 11) is 0. The molecule has 0 atom stereocenters. The molecule has 2 heterocycles. The van der Waals surface area contributed by atoms with Gasteiger partial charge in [-0.1, -0.05) is 0 Å². The number of aromatic nitrogens is 3. The molecule has 6 nitrogen and oxygen atoms in total. The Morgan fingerprint density at radius 1 is 1.31 bits per heavy atom. The summed E-state index contributed by atoms with van der Waals surface area (Å²) in [5.74, 6) is 0.513. The molecule has 1 fully saturated rings. The molecule has 1 aromatic rings. The predicted octanol–water partition coefficient (Wildman–Crippen LogP) is -1.21. The normalized spacial score (nSPS) is 19.1. The number of hydrogen-bond acceptors (Lipinski definition) is 5. The number of nitrogens with zero attached hydrogens (tertiary/aromatic N) is 3. The van der Waals surface area contributed by atoms with Crippen LogP contribution in [-0.4, -0.2) is 46.5 Å². The van der Waals surface area contributed by atoms with Crippen molar-refractivity contribution >= 4 is 5.82 Å². The van der Waals surface area contributed by atoms with Gasteiger partial charge in [-0.05, 0) is 0 Å². The third-order valence-electron chi connectivity index (χ3n) is 2.23. The summed E-state index contributed by atoms with van der Waals surface area (Å²) in [6, 6.07) is 0. The molecule has 0 aliphatic carbocycles. The van der Waals surface area contributed by atoms with Crippen molar-refractivity contribution in [3.05, 3.63) is 5.69 Å². The van der Waals surface area contributed by atoms with Gasteiger partial charge in [0, 0.05) is 32.7 Å². The highest BCUT2D eigenvalue weighted by Gasteiger charge is 2.13. The van der Waals surface area contributed by atoms with Crippen molar-refractivity contribution in [3.63, 3.8) is 0 Å². The van der Waals surface area contributed by atoms with Crippen molar-refractivity contribution in [1.29, 1.82) is 0 Å². The van der Waals surface area contributed by atoms with Crippen LogP contribution in [0, 0.1) is 0 Å². The number of anilines is 1. The lowest BCUT2D eigenvalue weighted by atomic mass is 10.3. The second-order valence-electron chi connectivity index (χ2n) is 3.18. The van der Waals surface area contributed by atoms with Gasteiger partial charge >= 0.3 is 0 Å². The largest absolute Gasteiger partial charge is 0.381 e. The summed E-state index contributed by atoms with van der Waals surface area (Å²) >= 11 is 0. The number of hydrogen-bond donors (Lipinski definition) is 3. The van der Waals surface area contributed by atoms with Crippen LogP contribution in [0.5, 0.6) is 0 Å². The first-order valence-corrected chi connectivity index (χ1v) is 4.44. The van der Waals surface area contributed by atoms with E-state index in [1.807, 2.05) is 0 Å². The Hall–Kier alpha value is -1.14. The van der Waals surface area contributed by atoms with Crippen molar-refractivity contribution in [3.8, 4) is 0 Å². The van der Waals surface area contributed by atoms with Crippen LogP contribution in [0.1, 0.15) is 5.69 Å². The minimum atomic E-state index is 0.513. The van der Waals surface area contributed by atoms with Gasteiger partial charge in [-0.15, -0.1) is 5.10 Å². The maximum absolute atomic E-state index is 5.61. The highest BCUT2D eigenvalue weighted by atomic mass is 15.4. The fourth-order valence-corrected chi connectivity index (χ4v) is 1.46. The van der Waals surface area contributed by atoms with E-state index < -0.39 is 0 Å². The molecule has 1 aromatic heterocycles. The summed E-state index contributed by atoms with van der Waals surface area (Å²) in [5.41, 5.74) is 6.46. The highest BCUT2D eigenvalue weighted by molar-refractivity contribution is 5.31. The number of piperazine rings is 1. The molecule has 13 heavy (non-hydrogen) atoms. The molecule has 2 rings (SSSR count). The van der Waals surface area contributed by atoms with E-state index in [0.29, 0.717) is 5.82 Å². The lowest BCUT2D eigenvalue weighted by Gasteiger charge is -2.26. The summed E-state index contributed by atoms with van der Waals surface area (Å²) in [4.78, 5) is 2.31. The minimum Gasteiger partial charge on any atom is -0.381 e. The van der Waals surface area contributed by atoms with Crippen LogP contribution in [-0.2, 0) is 6.54 Å². The quantitative estimate of drug-likeness (QED) is 0.534. The van der Waals surface area contributed by atoms with E-state index >= 15 is 0 Å². The van der Waals surface area contributed by atoms with Crippen LogP contribution in [0.4, 0.5) is 5.82 Å². The van der Waals surface area contributed by atoms with Crippen LogP contribution in [0.2, 0.25) is 0 Å². The van der Waals surface area contributed by atoms with Crippen molar-refractivity contribution in [1.82, 2.24) is 25.6 Å². The van der Waals surface area contributed by atoms with Crippen molar-refractivity contribution < 1.29 is 0 Å². The maximum Gasteiger partial charge on any atom is 0.170 e. The molecule has 1 aliphatic rings. The van der Waals surface area contributed by atoms with Crippen molar-refractivity contribution in [2.24, 2.45) is 0 Å². The van der Waals surface area contributed by atoms with E-state index in [0.717, 1.165) is 38.4 Å². The Morgan fingerprint density at radius 2 is 2.08 bits per heavy atom. The van der Waals surface area contributed by atoms with Gasteiger partial charge in [-0.25, -0.2) is 0 Å². The average molecular weight is 182 g/mol. The topological polar surface area (TPSA) is 82.9 Å². The molecule has 1 aliphatic heterocycles. The smallest absolute Gasteiger partial charge is 0.170 e. The second kappa shape index (κ2) is 3.71. The van der Waals surface area contributed by atoms with Gasteiger partial charge in [0.05, 0.1) is 0 Å². The molecule has 6 heteroatoms. The zero-order valence-corrected chi connectivity index (χ0v) is 7.45. The zero-order chi connectivity index (χ0) is 9.10. The molecule has 0 bridgehead atoms. The van der Waals surface area contributed by atoms with Crippen LogP contribution >= 0.6 is 0 Å². The van der Waals surface area contributed by atoms with Gasteiger partial charge in [0.25, 0.3) is 0 Å². The molecule has 72 valence electrons. The first-order valence-electron chi connectivity index (χ1n) is 4.44. The SMILES string of the molecule is Nc1n[nH]nc1CN1CCNCC1. The molecular weight excluding hydrogens is 168 g/mol. The van der Waals surface area contributed by atoms with Crippen LogP contribution < -0.4 is 11.1 Å². The summed E-state index contributed by atoms with van der Waals surface area (Å²) in [5, 5.41) is 13.6. The highest BCUT2D eigenvalue weighted by Crippen LogP contribution is 2.06. The standard InChI is InChI=1S/C7H14N6/c8-7-6(10-12-11-7)5-13-3-1-9-2-4-13/h9H,1-5H2,(H3,8,10,11,12). The lowest BCUT2D eigenvalue weighted by Crippen LogP contribution is -2.43. The minimum absolute atomic E-state index is 0.513. The monoisotopic (exact) mass is 182 g/mol. The van der Waals surface area contributed by atoms with Crippen LogP contribution in [0.3, 0.4) is 0 Å². The number of nitrogens with one attached hydrogen (secondary N) is 2.